The summed E-state index contributed by atoms with van der Waals surface area (Å²) < 4.78 is 34.2. The Morgan fingerprint density at radius 2 is 1.76 bits per heavy atom. The Bertz CT molecular complexity index is 1470. The first-order valence-corrected chi connectivity index (χ1v) is 14.8. The lowest BCUT2D eigenvalue weighted by atomic mass is 9.98. The van der Waals surface area contributed by atoms with E-state index in [9.17, 15) is 13.2 Å². The van der Waals surface area contributed by atoms with Crippen molar-refractivity contribution >= 4 is 27.6 Å². The number of aliphatic imine (C=N–C) groups is 1. The first kappa shape index (κ1) is 26.2. The molecule has 1 aliphatic heterocycles. The number of anilines is 1. The van der Waals surface area contributed by atoms with Crippen molar-refractivity contribution in [3.8, 4) is 11.1 Å². The largest absolute Gasteiger partial charge is 0.359 e. The molecule has 1 saturated carbocycles. The number of nitrogens with zero attached hydrogens (tertiary/aromatic N) is 3. The first-order chi connectivity index (χ1) is 18.2. The maximum atomic E-state index is 13.5. The second kappa shape index (κ2) is 10.4. The molecule has 1 fully saturated rings. The Balaban J connectivity index is 1.38. The minimum Gasteiger partial charge on any atom is -0.359 e. The average Bonchev–Trinajstić information content (AvgIpc) is 3.59. The molecule has 3 aromatic rings. The van der Waals surface area contributed by atoms with E-state index in [4.69, 9.17) is 9.52 Å². The topological polar surface area (TPSA) is 105 Å². The number of amidine groups is 1. The van der Waals surface area contributed by atoms with E-state index < -0.39 is 15.6 Å². The molecule has 1 aliphatic carbocycles. The Labute approximate surface area is 224 Å². The van der Waals surface area contributed by atoms with Crippen molar-refractivity contribution in [1.29, 1.82) is 0 Å². The molecule has 0 bridgehead atoms. The summed E-state index contributed by atoms with van der Waals surface area (Å²) in [4.78, 5) is 20.4. The molecule has 0 unspecified atom stereocenters. The quantitative estimate of drug-likeness (QED) is 0.362. The summed E-state index contributed by atoms with van der Waals surface area (Å²) >= 11 is 0. The highest BCUT2D eigenvalue weighted by Gasteiger charge is 2.49. The number of aryl methyl sites for hydroxylation is 1. The van der Waals surface area contributed by atoms with Gasteiger partial charge >= 0.3 is 0 Å². The molecule has 0 saturated heterocycles. The van der Waals surface area contributed by atoms with Gasteiger partial charge in [0.1, 0.15) is 17.1 Å². The maximum Gasteiger partial charge on any atom is 0.263 e. The number of hydrogen-bond acceptors (Lipinski definition) is 6. The fourth-order valence-electron chi connectivity index (χ4n) is 5.30. The van der Waals surface area contributed by atoms with Gasteiger partial charge in [-0.1, -0.05) is 73.8 Å². The Morgan fingerprint density at radius 1 is 1.05 bits per heavy atom. The predicted molar refractivity (Wildman–Crippen MR) is 147 cm³/mol. The van der Waals surface area contributed by atoms with Gasteiger partial charge in [-0.05, 0) is 50.3 Å². The molecule has 0 radical (unpaired) electrons. The van der Waals surface area contributed by atoms with Gasteiger partial charge in [-0.15, -0.1) is 0 Å². The molecule has 2 aromatic carbocycles. The first-order valence-electron chi connectivity index (χ1n) is 13.3. The number of sulfonamides is 1. The van der Waals surface area contributed by atoms with Gasteiger partial charge in [0.05, 0.1) is 11.4 Å². The van der Waals surface area contributed by atoms with Crippen molar-refractivity contribution in [3.05, 3.63) is 65.4 Å². The van der Waals surface area contributed by atoms with Crippen LogP contribution in [0.25, 0.3) is 11.1 Å². The van der Waals surface area contributed by atoms with Gasteiger partial charge < -0.3 is 4.52 Å². The Hall–Kier alpha value is -3.46. The summed E-state index contributed by atoms with van der Waals surface area (Å²) in [6.45, 7) is 6.10. The molecule has 0 atom stereocenters. The van der Waals surface area contributed by atoms with E-state index in [2.05, 4.69) is 16.8 Å². The normalized spacial score (nSPS) is 16.9. The van der Waals surface area contributed by atoms with Crippen LogP contribution in [0.4, 0.5) is 5.82 Å². The molecule has 2 aliphatic rings. The van der Waals surface area contributed by atoms with Crippen LogP contribution in [0, 0.1) is 13.8 Å². The predicted octanol–water partition coefficient (Wildman–Crippen LogP) is 6.00. The van der Waals surface area contributed by atoms with Gasteiger partial charge in [0.25, 0.3) is 15.9 Å². The molecule has 8 nitrogen and oxygen atoms in total. The van der Waals surface area contributed by atoms with E-state index in [-0.39, 0.29) is 16.6 Å². The van der Waals surface area contributed by atoms with Crippen LogP contribution in [0.2, 0.25) is 0 Å². The van der Waals surface area contributed by atoms with E-state index in [1.165, 1.54) is 0 Å². The van der Waals surface area contributed by atoms with E-state index in [1.807, 2.05) is 35.2 Å². The maximum absolute atomic E-state index is 13.5. The van der Waals surface area contributed by atoms with Gasteiger partial charge in [-0.2, -0.15) is 0 Å². The molecule has 9 heteroatoms. The fourth-order valence-corrected chi connectivity index (χ4v) is 6.59. The van der Waals surface area contributed by atoms with Crippen LogP contribution in [0.5, 0.6) is 0 Å². The lowest BCUT2D eigenvalue weighted by Gasteiger charge is -2.23. The van der Waals surface area contributed by atoms with E-state index in [1.54, 1.807) is 32.0 Å². The molecule has 200 valence electrons. The number of carbonyl (C=O) groups excluding carboxylic acids is 1. The Morgan fingerprint density at radius 3 is 2.42 bits per heavy atom. The minimum atomic E-state index is -3.91. The third-order valence-electron chi connectivity index (χ3n) is 7.65. The molecular weight excluding hydrogens is 500 g/mol. The molecule has 1 N–H and O–H groups in total. The standard InChI is InChI=1S/C29H34N4O4S/c1-4-5-12-26-30-29(17-8-9-18-29)28(34)33(26)19-22-13-15-23(16-14-22)24-10-6-7-11-25(24)38(35,36)32-27-20(2)21(3)37-31-27/h6-7,10-11,13-16H,4-5,8-9,12,17-19H2,1-3H3,(H,31,32). The number of rotatable bonds is 9. The van der Waals surface area contributed by atoms with Crippen LogP contribution in [0.15, 0.2) is 62.9 Å². The van der Waals surface area contributed by atoms with E-state index in [0.717, 1.165) is 61.9 Å². The van der Waals surface area contributed by atoms with Gasteiger partial charge in [-0.25, -0.2) is 8.42 Å². The van der Waals surface area contributed by atoms with Crippen LogP contribution >= 0.6 is 0 Å². The van der Waals surface area contributed by atoms with Crippen LogP contribution < -0.4 is 4.72 Å². The van der Waals surface area contributed by atoms with Crippen molar-refractivity contribution in [3.63, 3.8) is 0 Å². The second-order valence-electron chi connectivity index (χ2n) is 10.3. The summed E-state index contributed by atoms with van der Waals surface area (Å²) in [6, 6.07) is 14.6. The summed E-state index contributed by atoms with van der Waals surface area (Å²) in [7, 11) is -3.91. The van der Waals surface area contributed by atoms with Gasteiger partial charge in [0.2, 0.25) is 0 Å². The monoisotopic (exact) mass is 534 g/mol. The summed E-state index contributed by atoms with van der Waals surface area (Å²) in [5.74, 6) is 1.78. The number of nitrogens with one attached hydrogen (secondary N) is 1. The molecule has 1 spiro atoms. The highest BCUT2D eigenvalue weighted by Crippen LogP contribution is 2.40. The summed E-state index contributed by atoms with van der Waals surface area (Å²) in [6.07, 6.45) is 6.63. The molecular formula is C29H34N4O4S. The minimum absolute atomic E-state index is 0.131. The van der Waals surface area contributed by atoms with Crippen molar-refractivity contribution in [2.45, 2.75) is 82.7 Å². The van der Waals surface area contributed by atoms with Gasteiger partial charge in [0, 0.05) is 17.5 Å². The third kappa shape index (κ3) is 4.87. The lowest BCUT2D eigenvalue weighted by molar-refractivity contribution is -0.131. The third-order valence-corrected chi connectivity index (χ3v) is 9.05. The lowest BCUT2D eigenvalue weighted by Crippen LogP contribution is -2.40. The summed E-state index contributed by atoms with van der Waals surface area (Å²) in [5.41, 5.74) is 2.42. The highest BCUT2D eigenvalue weighted by molar-refractivity contribution is 7.92. The van der Waals surface area contributed by atoms with Crippen molar-refractivity contribution in [2.75, 3.05) is 4.72 Å². The van der Waals surface area contributed by atoms with Crippen LogP contribution in [-0.4, -0.2) is 35.8 Å². The molecule has 1 aromatic heterocycles. The molecule has 2 heterocycles. The summed E-state index contributed by atoms with van der Waals surface area (Å²) in [5, 5.41) is 3.84. The molecule has 5 rings (SSSR count). The second-order valence-corrected chi connectivity index (χ2v) is 11.9. The number of carbonyl (C=O) groups is 1. The van der Waals surface area contributed by atoms with Gasteiger partial charge in [0.15, 0.2) is 5.82 Å². The zero-order chi connectivity index (χ0) is 26.9. The smallest absolute Gasteiger partial charge is 0.263 e. The number of amides is 1. The van der Waals surface area contributed by atoms with Crippen LogP contribution in [-0.2, 0) is 21.4 Å². The van der Waals surface area contributed by atoms with E-state index >= 15 is 0 Å². The number of aromatic nitrogens is 1. The van der Waals surface area contributed by atoms with Crippen molar-refractivity contribution in [2.24, 2.45) is 4.99 Å². The zero-order valence-electron chi connectivity index (χ0n) is 22.2. The van der Waals surface area contributed by atoms with Crippen molar-refractivity contribution in [1.82, 2.24) is 10.1 Å². The van der Waals surface area contributed by atoms with Gasteiger partial charge in [-0.3, -0.25) is 19.4 Å². The molecule has 1 amide bonds. The van der Waals surface area contributed by atoms with Crippen molar-refractivity contribution < 1.29 is 17.7 Å². The highest BCUT2D eigenvalue weighted by atomic mass is 32.2. The van der Waals surface area contributed by atoms with Crippen LogP contribution in [0.3, 0.4) is 0 Å². The molecule has 38 heavy (non-hydrogen) atoms. The number of benzene rings is 2. The number of unbranched alkanes of at least 4 members (excludes halogenated alkanes) is 1. The zero-order valence-corrected chi connectivity index (χ0v) is 23.0. The van der Waals surface area contributed by atoms with E-state index in [0.29, 0.717) is 23.4 Å². The SMILES string of the molecule is CCCCC1=NC2(CCCC2)C(=O)N1Cc1ccc(-c2ccccc2S(=O)(=O)Nc2noc(C)c2C)cc1. The number of hydrogen-bond donors (Lipinski definition) is 1. The fraction of sp³-hybridized carbons (Fsp3) is 0.414. The average molecular weight is 535 g/mol. The Kier molecular flexibility index (Phi) is 7.13. The van der Waals surface area contributed by atoms with Crippen LogP contribution in [0.1, 0.15) is 68.8 Å².